The van der Waals surface area contributed by atoms with Crippen LogP contribution in [-0.2, 0) is 23.8 Å². The van der Waals surface area contributed by atoms with Crippen molar-refractivity contribution in [2.75, 3.05) is 27.9 Å². The van der Waals surface area contributed by atoms with Crippen LogP contribution in [0.4, 0.5) is 10.5 Å². The van der Waals surface area contributed by atoms with Crippen LogP contribution in [0.15, 0.2) is 40.5 Å². The quantitative estimate of drug-likeness (QED) is 0.317. The molecule has 1 N–H and O–H groups in total. The largest absolute Gasteiger partial charge is 0.468 e. The van der Waals surface area contributed by atoms with Gasteiger partial charge in [0.1, 0.15) is 12.5 Å². The molecule has 0 radical (unpaired) electrons. The third-order valence-corrected chi connectivity index (χ3v) is 4.56. The third-order valence-electron chi connectivity index (χ3n) is 4.56. The number of benzene rings is 1. The number of hydrogen-bond donors (Lipinski definition) is 1. The van der Waals surface area contributed by atoms with Gasteiger partial charge in [0.15, 0.2) is 0 Å². The Morgan fingerprint density at radius 2 is 1.93 bits per heavy atom. The number of nitro benzene ring substituents is 1. The van der Waals surface area contributed by atoms with Crippen molar-refractivity contribution in [1.82, 2.24) is 5.32 Å². The SMILES string of the molecule is CNC(=O)OCC1=C(C(=O)OC)C(c2cccc([N+](=O)[O-])c2)C(C(=O)OC)C(C)=N1. The van der Waals surface area contributed by atoms with Crippen molar-refractivity contribution in [3.8, 4) is 0 Å². The molecule has 2 unspecified atom stereocenters. The highest BCUT2D eigenvalue weighted by molar-refractivity contribution is 6.07. The van der Waals surface area contributed by atoms with E-state index in [0.717, 1.165) is 7.11 Å². The van der Waals surface area contributed by atoms with Crippen molar-refractivity contribution in [1.29, 1.82) is 0 Å². The minimum absolute atomic E-state index is 0.0529. The van der Waals surface area contributed by atoms with Gasteiger partial charge in [-0.05, 0) is 12.5 Å². The number of nitrogens with one attached hydrogen (secondary N) is 1. The number of carbonyl (C=O) groups is 3. The van der Waals surface area contributed by atoms with Crippen molar-refractivity contribution < 1.29 is 33.5 Å². The van der Waals surface area contributed by atoms with E-state index in [1.165, 1.54) is 32.4 Å². The summed E-state index contributed by atoms with van der Waals surface area (Å²) in [6.07, 6.45) is -0.749. The summed E-state index contributed by atoms with van der Waals surface area (Å²) in [4.78, 5) is 51.6. The molecule has 2 atom stereocenters. The lowest BCUT2D eigenvalue weighted by molar-refractivity contribution is -0.384. The summed E-state index contributed by atoms with van der Waals surface area (Å²) < 4.78 is 14.8. The molecule has 30 heavy (non-hydrogen) atoms. The number of nitrogens with zero attached hydrogens (tertiary/aromatic N) is 2. The number of aliphatic imine (C=N–C) groups is 1. The van der Waals surface area contributed by atoms with Crippen molar-refractivity contribution in [2.45, 2.75) is 12.8 Å². The molecule has 2 rings (SSSR count). The Bertz CT molecular complexity index is 937. The second-order valence-corrected chi connectivity index (χ2v) is 6.26. The van der Waals surface area contributed by atoms with E-state index in [4.69, 9.17) is 14.2 Å². The van der Waals surface area contributed by atoms with Gasteiger partial charge in [0.05, 0.1) is 30.4 Å². The number of ether oxygens (including phenoxy) is 3. The van der Waals surface area contributed by atoms with Crippen molar-refractivity contribution in [3.05, 3.63) is 51.2 Å². The normalized spacial score (nSPS) is 18.2. The molecule has 0 saturated heterocycles. The fraction of sp³-hybridized carbons (Fsp3) is 0.368. The number of carbonyl (C=O) groups excluding carboxylic acids is 3. The molecule has 1 amide bonds. The average molecular weight is 419 g/mol. The fourth-order valence-corrected chi connectivity index (χ4v) is 3.23. The number of esters is 2. The summed E-state index contributed by atoms with van der Waals surface area (Å²) in [7, 11) is 3.70. The number of hydrogen-bond acceptors (Lipinski definition) is 9. The van der Waals surface area contributed by atoms with Gasteiger partial charge in [-0.2, -0.15) is 0 Å². The highest BCUT2D eigenvalue weighted by Crippen LogP contribution is 2.41. The zero-order valence-electron chi connectivity index (χ0n) is 16.8. The van der Waals surface area contributed by atoms with Gasteiger partial charge < -0.3 is 19.5 Å². The zero-order chi connectivity index (χ0) is 22.4. The van der Waals surface area contributed by atoms with Crippen molar-refractivity contribution in [2.24, 2.45) is 10.9 Å². The van der Waals surface area contributed by atoms with Gasteiger partial charge in [0.2, 0.25) is 0 Å². The highest BCUT2D eigenvalue weighted by Gasteiger charge is 2.43. The first-order valence-corrected chi connectivity index (χ1v) is 8.78. The third kappa shape index (κ3) is 4.62. The molecule has 0 bridgehead atoms. The maximum atomic E-state index is 12.7. The Labute approximate surface area is 171 Å². The van der Waals surface area contributed by atoms with Crippen LogP contribution in [0.3, 0.4) is 0 Å². The molecule has 0 aliphatic carbocycles. The number of rotatable bonds is 6. The molecule has 1 heterocycles. The van der Waals surface area contributed by atoms with E-state index in [1.807, 2.05) is 0 Å². The number of alkyl carbamates (subject to hydrolysis) is 1. The lowest BCUT2D eigenvalue weighted by Crippen LogP contribution is -2.37. The van der Waals surface area contributed by atoms with Crippen LogP contribution in [0.1, 0.15) is 18.4 Å². The van der Waals surface area contributed by atoms with Crippen LogP contribution in [0.25, 0.3) is 0 Å². The summed E-state index contributed by atoms with van der Waals surface area (Å²) in [5.41, 5.74) is 0.402. The molecule has 11 nitrogen and oxygen atoms in total. The lowest BCUT2D eigenvalue weighted by Gasteiger charge is -2.31. The van der Waals surface area contributed by atoms with Gasteiger partial charge in [0, 0.05) is 30.8 Å². The van der Waals surface area contributed by atoms with E-state index < -0.39 is 34.8 Å². The first kappa shape index (κ1) is 22.5. The van der Waals surface area contributed by atoms with Crippen LogP contribution >= 0.6 is 0 Å². The first-order chi connectivity index (χ1) is 14.2. The predicted octanol–water partition coefficient (Wildman–Crippen LogP) is 1.73. The van der Waals surface area contributed by atoms with Gasteiger partial charge >= 0.3 is 18.0 Å². The predicted molar refractivity (Wildman–Crippen MR) is 104 cm³/mol. The molecule has 11 heteroatoms. The van der Waals surface area contributed by atoms with Crippen LogP contribution in [0, 0.1) is 16.0 Å². The smallest absolute Gasteiger partial charge is 0.407 e. The Kier molecular flexibility index (Phi) is 7.23. The Hall–Kier alpha value is -3.76. The van der Waals surface area contributed by atoms with E-state index in [-0.39, 0.29) is 23.6 Å². The number of methoxy groups -OCH3 is 2. The average Bonchev–Trinajstić information content (AvgIpc) is 2.75. The topological polar surface area (TPSA) is 146 Å². The highest BCUT2D eigenvalue weighted by atomic mass is 16.6. The lowest BCUT2D eigenvalue weighted by atomic mass is 9.75. The molecular weight excluding hydrogens is 398 g/mol. The molecule has 160 valence electrons. The molecule has 1 aromatic carbocycles. The molecule has 1 aliphatic rings. The van der Waals surface area contributed by atoms with E-state index in [2.05, 4.69) is 10.3 Å². The van der Waals surface area contributed by atoms with Gasteiger partial charge in [-0.3, -0.25) is 19.9 Å². The summed E-state index contributed by atoms with van der Waals surface area (Å²) in [5, 5.41) is 13.5. The molecule has 0 saturated carbocycles. The molecule has 1 aromatic rings. The molecule has 0 spiro atoms. The van der Waals surface area contributed by atoms with Gasteiger partial charge in [0.25, 0.3) is 5.69 Å². The van der Waals surface area contributed by atoms with E-state index >= 15 is 0 Å². The van der Waals surface area contributed by atoms with E-state index in [0.29, 0.717) is 11.3 Å². The molecule has 0 fully saturated rings. The van der Waals surface area contributed by atoms with Crippen molar-refractivity contribution >= 4 is 29.4 Å². The van der Waals surface area contributed by atoms with Crippen LogP contribution < -0.4 is 5.32 Å². The summed E-state index contributed by atoms with van der Waals surface area (Å²) in [6, 6.07) is 5.54. The van der Waals surface area contributed by atoms with Crippen LogP contribution in [-0.4, -0.2) is 56.5 Å². The molecule has 0 aromatic heterocycles. The second kappa shape index (κ2) is 9.63. The molecular formula is C19H21N3O8. The van der Waals surface area contributed by atoms with Gasteiger partial charge in [-0.15, -0.1) is 0 Å². The number of nitro groups is 1. The minimum Gasteiger partial charge on any atom is -0.468 e. The minimum atomic E-state index is -1.03. The maximum Gasteiger partial charge on any atom is 0.407 e. The Morgan fingerprint density at radius 3 is 2.50 bits per heavy atom. The van der Waals surface area contributed by atoms with E-state index in [9.17, 15) is 24.5 Å². The van der Waals surface area contributed by atoms with Gasteiger partial charge in [-0.25, -0.2) is 9.59 Å². The number of non-ortho nitro benzene ring substituents is 1. The molecule has 1 aliphatic heterocycles. The summed E-state index contributed by atoms with van der Waals surface area (Å²) in [6.45, 7) is 1.18. The Morgan fingerprint density at radius 1 is 1.23 bits per heavy atom. The zero-order valence-corrected chi connectivity index (χ0v) is 16.8. The van der Waals surface area contributed by atoms with Crippen LogP contribution in [0.5, 0.6) is 0 Å². The van der Waals surface area contributed by atoms with Crippen LogP contribution in [0.2, 0.25) is 0 Å². The second-order valence-electron chi connectivity index (χ2n) is 6.26. The monoisotopic (exact) mass is 419 g/mol. The summed E-state index contributed by atoms with van der Waals surface area (Å²) in [5.74, 6) is -3.52. The Balaban J connectivity index is 2.71. The number of amides is 1. The fourth-order valence-electron chi connectivity index (χ4n) is 3.23. The van der Waals surface area contributed by atoms with E-state index in [1.54, 1.807) is 13.0 Å². The maximum absolute atomic E-state index is 12.7. The standard InChI is InChI=1S/C19H21N3O8/c1-10-14(17(23)28-3)15(11-6-5-7-12(8-11)22(26)27)16(18(24)29-4)13(21-10)9-30-19(25)20-2/h5-8,14-15H,9H2,1-4H3,(H,20,25). The summed E-state index contributed by atoms with van der Waals surface area (Å²) >= 11 is 0. The first-order valence-electron chi connectivity index (χ1n) is 8.78. The van der Waals surface area contributed by atoms with Crippen molar-refractivity contribution in [3.63, 3.8) is 0 Å². The van der Waals surface area contributed by atoms with Gasteiger partial charge in [-0.1, -0.05) is 12.1 Å².